The number of allylic oxidation sites excluding steroid dienone is 4. The van der Waals surface area contributed by atoms with Crippen LogP contribution in [-0.4, -0.2) is 11.6 Å². The molecule has 0 N–H and O–H groups in total. The second kappa shape index (κ2) is 4.21. The molecule has 84 valence electrons. The van der Waals surface area contributed by atoms with Crippen molar-refractivity contribution in [3.05, 3.63) is 24.3 Å². The Kier molecular flexibility index (Phi) is 3.38. The molecule has 0 fully saturated rings. The Morgan fingerprint density at radius 3 is 2.60 bits per heavy atom. The first kappa shape index (κ1) is 12.0. The van der Waals surface area contributed by atoms with Crippen LogP contribution in [0.5, 0.6) is 0 Å². The third-order valence-corrected chi connectivity index (χ3v) is 2.58. The van der Waals surface area contributed by atoms with E-state index in [-0.39, 0.29) is 11.4 Å². The van der Waals surface area contributed by atoms with Crippen LogP contribution in [0.4, 0.5) is 0 Å². The molecule has 1 unspecified atom stereocenters. The Bertz CT molecular complexity index is 300. The predicted molar refractivity (Wildman–Crippen MR) is 61.5 cm³/mol. The fraction of sp³-hybridized carbons (Fsp3) is 0.615. The summed E-state index contributed by atoms with van der Waals surface area (Å²) in [7, 11) is 0. The fourth-order valence-electron chi connectivity index (χ4n) is 2.30. The minimum absolute atomic E-state index is 0.105. The molecule has 15 heavy (non-hydrogen) atoms. The van der Waals surface area contributed by atoms with Crippen LogP contribution < -0.4 is 0 Å². The molecule has 0 aromatic carbocycles. The number of esters is 1. The molecular formula is C13H20O2. The van der Waals surface area contributed by atoms with Crippen molar-refractivity contribution in [3.8, 4) is 0 Å². The molecule has 0 amide bonds. The first-order valence-electron chi connectivity index (χ1n) is 5.37. The standard InChI is InChI=1S/C13H20O2/c1-11(14)15-12(2,3)10-13(4)8-6-5-7-9-13/h5-8H,9-10H2,1-4H3. The van der Waals surface area contributed by atoms with E-state index in [0.29, 0.717) is 0 Å². The van der Waals surface area contributed by atoms with Crippen molar-refractivity contribution >= 4 is 5.97 Å². The second-order valence-corrected chi connectivity index (χ2v) is 5.18. The largest absolute Gasteiger partial charge is 0.460 e. The number of carbonyl (C=O) groups is 1. The van der Waals surface area contributed by atoms with Gasteiger partial charge in [-0.3, -0.25) is 4.79 Å². The van der Waals surface area contributed by atoms with Gasteiger partial charge in [-0.1, -0.05) is 31.2 Å². The molecule has 0 radical (unpaired) electrons. The molecule has 0 heterocycles. The van der Waals surface area contributed by atoms with Crippen LogP contribution in [0.25, 0.3) is 0 Å². The molecule has 0 aromatic rings. The number of rotatable bonds is 3. The monoisotopic (exact) mass is 208 g/mol. The molecule has 0 saturated carbocycles. The lowest BCUT2D eigenvalue weighted by molar-refractivity contribution is -0.155. The molecule has 0 aromatic heterocycles. The summed E-state index contributed by atoms with van der Waals surface area (Å²) in [5.41, 5.74) is -0.288. The molecule has 2 heteroatoms. The van der Waals surface area contributed by atoms with Crippen molar-refractivity contribution in [2.75, 3.05) is 0 Å². The van der Waals surface area contributed by atoms with E-state index >= 15 is 0 Å². The van der Waals surface area contributed by atoms with Crippen molar-refractivity contribution < 1.29 is 9.53 Å². The summed E-state index contributed by atoms with van der Waals surface area (Å²) in [5, 5.41) is 0. The highest BCUT2D eigenvalue weighted by Gasteiger charge is 2.32. The number of hydrogen-bond acceptors (Lipinski definition) is 2. The van der Waals surface area contributed by atoms with Gasteiger partial charge >= 0.3 is 5.97 Å². The van der Waals surface area contributed by atoms with Gasteiger partial charge in [-0.25, -0.2) is 0 Å². The first-order valence-corrected chi connectivity index (χ1v) is 5.37. The molecule has 2 nitrogen and oxygen atoms in total. The maximum absolute atomic E-state index is 11.0. The minimum atomic E-state index is -0.393. The van der Waals surface area contributed by atoms with Gasteiger partial charge in [0.05, 0.1) is 0 Å². The summed E-state index contributed by atoms with van der Waals surface area (Å²) in [6, 6.07) is 0. The van der Waals surface area contributed by atoms with E-state index in [0.717, 1.165) is 12.8 Å². The third kappa shape index (κ3) is 3.90. The van der Waals surface area contributed by atoms with Crippen molar-refractivity contribution in [1.82, 2.24) is 0 Å². The van der Waals surface area contributed by atoms with E-state index in [4.69, 9.17) is 4.74 Å². The van der Waals surface area contributed by atoms with E-state index < -0.39 is 5.60 Å². The zero-order valence-corrected chi connectivity index (χ0v) is 10.0. The molecule has 1 aliphatic rings. The third-order valence-electron chi connectivity index (χ3n) is 2.58. The molecule has 0 aliphatic heterocycles. The van der Waals surface area contributed by atoms with Crippen molar-refractivity contribution in [3.63, 3.8) is 0 Å². The van der Waals surface area contributed by atoms with Crippen LogP contribution in [0.3, 0.4) is 0 Å². The van der Waals surface area contributed by atoms with Crippen LogP contribution in [0.2, 0.25) is 0 Å². The summed E-state index contributed by atoms with van der Waals surface area (Å²) in [6.45, 7) is 7.58. The maximum Gasteiger partial charge on any atom is 0.303 e. The Labute approximate surface area is 92.0 Å². The Morgan fingerprint density at radius 1 is 1.47 bits per heavy atom. The van der Waals surface area contributed by atoms with Crippen LogP contribution in [-0.2, 0) is 9.53 Å². The zero-order chi connectivity index (χ0) is 11.5. The van der Waals surface area contributed by atoms with E-state index in [9.17, 15) is 4.79 Å². The van der Waals surface area contributed by atoms with Gasteiger partial charge in [0.15, 0.2) is 0 Å². The topological polar surface area (TPSA) is 26.3 Å². The van der Waals surface area contributed by atoms with Gasteiger partial charge < -0.3 is 4.74 Å². The maximum atomic E-state index is 11.0. The zero-order valence-electron chi connectivity index (χ0n) is 10.0. The van der Waals surface area contributed by atoms with Gasteiger partial charge in [-0.05, 0) is 32.1 Å². The summed E-state index contributed by atoms with van der Waals surface area (Å²) >= 11 is 0. The lowest BCUT2D eigenvalue weighted by Gasteiger charge is -2.35. The molecule has 1 aliphatic carbocycles. The molecule has 0 spiro atoms. The van der Waals surface area contributed by atoms with Crippen LogP contribution in [0.15, 0.2) is 24.3 Å². The Balaban J connectivity index is 2.63. The summed E-state index contributed by atoms with van der Waals surface area (Å²) in [4.78, 5) is 11.0. The van der Waals surface area contributed by atoms with Crippen molar-refractivity contribution in [1.29, 1.82) is 0 Å². The van der Waals surface area contributed by atoms with Crippen LogP contribution in [0, 0.1) is 5.41 Å². The van der Waals surface area contributed by atoms with Gasteiger partial charge in [0.25, 0.3) is 0 Å². The average molecular weight is 208 g/mol. The molecule has 1 rings (SSSR count). The van der Waals surface area contributed by atoms with E-state index in [1.54, 1.807) is 0 Å². The van der Waals surface area contributed by atoms with Crippen molar-refractivity contribution in [2.24, 2.45) is 5.41 Å². The van der Waals surface area contributed by atoms with Crippen LogP contribution in [0.1, 0.15) is 40.5 Å². The molecule has 0 saturated heterocycles. The van der Waals surface area contributed by atoms with Crippen molar-refractivity contribution in [2.45, 2.75) is 46.1 Å². The fourth-order valence-corrected chi connectivity index (χ4v) is 2.30. The molecular weight excluding hydrogens is 188 g/mol. The number of ether oxygens (including phenoxy) is 1. The van der Waals surface area contributed by atoms with Gasteiger partial charge in [0, 0.05) is 6.92 Å². The average Bonchev–Trinajstić information content (AvgIpc) is 1.99. The highest BCUT2D eigenvalue weighted by molar-refractivity contribution is 5.66. The lowest BCUT2D eigenvalue weighted by atomic mass is 9.75. The highest BCUT2D eigenvalue weighted by atomic mass is 16.6. The summed E-state index contributed by atoms with van der Waals surface area (Å²) < 4.78 is 5.31. The molecule has 1 atom stereocenters. The SMILES string of the molecule is CC(=O)OC(C)(C)CC1(C)C=CC=CC1. The highest BCUT2D eigenvalue weighted by Crippen LogP contribution is 2.37. The smallest absolute Gasteiger partial charge is 0.303 e. The van der Waals surface area contributed by atoms with E-state index in [1.165, 1.54) is 6.92 Å². The lowest BCUT2D eigenvalue weighted by Crippen LogP contribution is -2.33. The second-order valence-electron chi connectivity index (χ2n) is 5.18. The summed E-state index contributed by atoms with van der Waals surface area (Å²) in [5.74, 6) is -0.209. The van der Waals surface area contributed by atoms with Gasteiger partial charge in [-0.2, -0.15) is 0 Å². The van der Waals surface area contributed by atoms with Gasteiger partial charge in [-0.15, -0.1) is 0 Å². The molecule has 0 bridgehead atoms. The predicted octanol–water partition coefficient (Wildman–Crippen LogP) is 3.24. The van der Waals surface area contributed by atoms with E-state index in [1.807, 2.05) is 13.8 Å². The van der Waals surface area contributed by atoms with Gasteiger partial charge in [0.1, 0.15) is 5.60 Å². The number of carbonyl (C=O) groups excluding carboxylic acids is 1. The minimum Gasteiger partial charge on any atom is -0.460 e. The number of hydrogen-bond donors (Lipinski definition) is 0. The summed E-state index contributed by atoms with van der Waals surface area (Å²) in [6.07, 6.45) is 10.3. The van der Waals surface area contributed by atoms with Gasteiger partial charge in [0.2, 0.25) is 0 Å². The van der Waals surface area contributed by atoms with E-state index in [2.05, 4.69) is 31.2 Å². The Morgan fingerprint density at radius 2 is 2.13 bits per heavy atom. The first-order chi connectivity index (χ1) is 6.83. The van der Waals surface area contributed by atoms with Crippen LogP contribution >= 0.6 is 0 Å². The normalized spacial score (nSPS) is 25.3. The quantitative estimate of drug-likeness (QED) is 0.665. The Hall–Kier alpha value is -1.05.